The summed E-state index contributed by atoms with van der Waals surface area (Å²) < 4.78 is 0.865. The van der Waals surface area contributed by atoms with Gasteiger partial charge in [0.2, 0.25) is 0 Å². The first-order valence-corrected chi connectivity index (χ1v) is 9.12. The van der Waals surface area contributed by atoms with Crippen LogP contribution in [0.5, 0.6) is 0 Å². The van der Waals surface area contributed by atoms with E-state index in [2.05, 4.69) is 26.8 Å². The second-order valence-corrected chi connectivity index (χ2v) is 6.89. The maximum atomic E-state index is 13.4. The summed E-state index contributed by atoms with van der Waals surface area (Å²) in [7, 11) is 0. The smallest absolute Gasteiger partial charge is 0.285 e. The predicted octanol–water partition coefficient (Wildman–Crippen LogP) is 3.55. The van der Waals surface area contributed by atoms with E-state index in [0.717, 1.165) is 60.3 Å². The highest BCUT2D eigenvalue weighted by Gasteiger charge is 2.43. The lowest BCUT2D eigenvalue weighted by molar-refractivity contribution is -0.938. The highest BCUT2D eigenvalue weighted by Crippen LogP contribution is 2.32. The lowest BCUT2D eigenvalue weighted by Gasteiger charge is -2.46. The number of likely N-dealkylation sites (N-methyl/N-ethyl adjacent to an activating group) is 1. The Morgan fingerprint density at radius 3 is 2.17 bits per heavy atom. The number of hydrogen-bond donors (Lipinski definition) is 0. The molecule has 0 spiro atoms. The summed E-state index contributed by atoms with van der Waals surface area (Å²) in [4.78, 5) is 15.3. The molecule has 4 heteroatoms. The molecule has 1 aromatic rings. The molecule has 0 aliphatic carbocycles. The minimum Gasteiger partial charge on any atom is -0.314 e. The van der Waals surface area contributed by atoms with Crippen molar-refractivity contribution in [2.75, 3.05) is 31.1 Å². The molecule has 1 unspecified atom stereocenters. The van der Waals surface area contributed by atoms with Gasteiger partial charge in [-0.2, -0.15) is 5.26 Å². The van der Waals surface area contributed by atoms with Gasteiger partial charge in [0, 0.05) is 18.7 Å². The normalized spacial score (nSPS) is 18.6. The van der Waals surface area contributed by atoms with E-state index < -0.39 is 0 Å². The molecule has 1 atom stereocenters. The summed E-state index contributed by atoms with van der Waals surface area (Å²) in [6, 6.07) is 6.03. The average Bonchev–Trinajstić information content (AvgIpc) is 2.58. The maximum absolute atomic E-state index is 13.4. The van der Waals surface area contributed by atoms with Gasteiger partial charge < -0.3 is 9.38 Å². The summed E-state index contributed by atoms with van der Waals surface area (Å²) in [6.45, 7) is 14.3. The molecule has 1 aliphatic heterocycles. The average molecular weight is 328 g/mol. The monoisotopic (exact) mass is 328 g/mol. The molecule has 0 radical (unpaired) electrons. The number of carbonyl (C=O) groups is 1. The van der Waals surface area contributed by atoms with E-state index in [0.29, 0.717) is 5.56 Å². The molecule has 0 saturated carbocycles. The Kier molecular flexibility index (Phi) is 5.66. The first-order chi connectivity index (χ1) is 11.4. The lowest BCUT2D eigenvalue weighted by atomic mass is 9.96. The molecule has 0 bridgehead atoms. The number of carbonyl (C=O) groups excluding carboxylic acids is 1. The third kappa shape index (κ3) is 3.06. The molecule has 1 fully saturated rings. The maximum Gasteiger partial charge on any atom is 0.285 e. The van der Waals surface area contributed by atoms with Gasteiger partial charge in [0.1, 0.15) is 0 Å². The Morgan fingerprint density at radius 1 is 1.17 bits per heavy atom. The number of rotatable bonds is 5. The van der Waals surface area contributed by atoms with Gasteiger partial charge in [-0.05, 0) is 64.3 Å². The number of benzene rings is 1. The number of amides is 1. The van der Waals surface area contributed by atoms with Crippen molar-refractivity contribution < 1.29 is 9.28 Å². The van der Waals surface area contributed by atoms with E-state index in [4.69, 9.17) is 5.26 Å². The van der Waals surface area contributed by atoms with Crippen molar-refractivity contribution in [2.45, 2.75) is 53.5 Å². The van der Waals surface area contributed by atoms with E-state index >= 15 is 0 Å². The summed E-state index contributed by atoms with van der Waals surface area (Å²) in [5.74, 6) is 0.253. The van der Waals surface area contributed by atoms with Crippen LogP contribution in [0.4, 0.5) is 5.69 Å². The van der Waals surface area contributed by atoms with Crippen LogP contribution < -0.4 is 4.90 Å². The van der Waals surface area contributed by atoms with Crippen molar-refractivity contribution in [1.82, 2.24) is 0 Å². The van der Waals surface area contributed by atoms with Crippen molar-refractivity contribution in [3.8, 4) is 6.07 Å². The quantitative estimate of drug-likeness (QED) is 0.776. The third-order valence-electron chi connectivity index (χ3n) is 5.85. The first-order valence-electron chi connectivity index (χ1n) is 9.12. The molecular weight excluding hydrogens is 298 g/mol. The molecule has 130 valence electrons. The highest BCUT2D eigenvalue weighted by atomic mass is 16.2. The van der Waals surface area contributed by atoms with Crippen molar-refractivity contribution in [1.29, 1.82) is 5.26 Å². The van der Waals surface area contributed by atoms with Crippen LogP contribution >= 0.6 is 0 Å². The van der Waals surface area contributed by atoms with Crippen LogP contribution in [0.15, 0.2) is 12.1 Å². The van der Waals surface area contributed by atoms with Gasteiger partial charge >= 0.3 is 0 Å². The number of nitriles is 1. The zero-order valence-electron chi connectivity index (χ0n) is 15.7. The Balaban J connectivity index is 2.43. The van der Waals surface area contributed by atoms with Gasteiger partial charge in [-0.1, -0.05) is 0 Å². The van der Waals surface area contributed by atoms with Crippen molar-refractivity contribution in [3.05, 3.63) is 28.8 Å². The van der Waals surface area contributed by atoms with E-state index in [1.165, 1.54) is 0 Å². The Bertz CT molecular complexity index is 624. The van der Waals surface area contributed by atoms with E-state index in [1.807, 2.05) is 30.9 Å². The number of aryl methyl sites for hydroxylation is 2. The van der Waals surface area contributed by atoms with Crippen LogP contribution in [-0.4, -0.2) is 42.6 Å². The summed E-state index contributed by atoms with van der Waals surface area (Å²) >= 11 is 0. The number of nitrogens with zero attached hydrogens (tertiary/aromatic N) is 3. The largest absolute Gasteiger partial charge is 0.314 e. The first kappa shape index (κ1) is 18.5. The minimum atomic E-state index is 0.0493. The van der Waals surface area contributed by atoms with Crippen LogP contribution in [0.25, 0.3) is 0 Å². The molecule has 2 rings (SSSR count). The van der Waals surface area contributed by atoms with Crippen molar-refractivity contribution in [3.63, 3.8) is 0 Å². The predicted molar refractivity (Wildman–Crippen MR) is 97.9 cm³/mol. The van der Waals surface area contributed by atoms with Gasteiger partial charge in [0.25, 0.3) is 5.91 Å². The van der Waals surface area contributed by atoms with Crippen LogP contribution in [0, 0.1) is 25.2 Å². The third-order valence-corrected chi connectivity index (χ3v) is 5.85. The number of hydrogen-bond acceptors (Lipinski definition) is 2. The zero-order valence-corrected chi connectivity index (χ0v) is 15.7. The van der Waals surface area contributed by atoms with Crippen LogP contribution in [-0.2, 0) is 4.79 Å². The molecule has 1 aliphatic rings. The second-order valence-electron chi connectivity index (χ2n) is 6.89. The van der Waals surface area contributed by atoms with Gasteiger partial charge in [0.05, 0.1) is 31.3 Å². The van der Waals surface area contributed by atoms with Crippen molar-refractivity contribution in [2.24, 2.45) is 0 Å². The SMILES string of the molecule is CC[N+](CC)(CC)C1CCCN(c2c(C)cc(C#N)cc2C)C1=O. The zero-order chi connectivity index (χ0) is 17.9. The summed E-state index contributed by atoms with van der Waals surface area (Å²) in [5.41, 5.74) is 3.70. The molecule has 1 aromatic carbocycles. The van der Waals surface area contributed by atoms with E-state index in [1.54, 1.807) is 0 Å². The van der Waals surface area contributed by atoms with Gasteiger partial charge in [-0.15, -0.1) is 0 Å². The van der Waals surface area contributed by atoms with Gasteiger partial charge in [-0.3, -0.25) is 4.79 Å². The Hall–Kier alpha value is -1.86. The lowest BCUT2D eigenvalue weighted by Crippen LogP contribution is -2.63. The number of quaternary nitrogens is 1. The molecule has 0 N–H and O–H groups in total. The molecule has 0 aromatic heterocycles. The fourth-order valence-electron chi connectivity index (χ4n) is 4.36. The molecule has 1 heterocycles. The van der Waals surface area contributed by atoms with Crippen LogP contribution in [0.1, 0.15) is 50.3 Å². The fourth-order valence-corrected chi connectivity index (χ4v) is 4.36. The van der Waals surface area contributed by atoms with E-state index in [9.17, 15) is 4.79 Å². The molecule has 4 nitrogen and oxygen atoms in total. The number of piperidine rings is 1. The summed E-state index contributed by atoms with van der Waals surface area (Å²) in [5, 5.41) is 9.15. The van der Waals surface area contributed by atoms with Gasteiger partial charge in [-0.25, -0.2) is 0 Å². The van der Waals surface area contributed by atoms with Crippen molar-refractivity contribution >= 4 is 11.6 Å². The molecule has 1 amide bonds. The standard InChI is InChI=1S/C20H30N3O/c1-6-23(7-2,8-3)18-10-9-11-22(20(18)24)19-15(4)12-17(14-21)13-16(19)5/h12-13,18H,6-11H2,1-5H3/q+1. The van der Waals surface area contributed by atoms with Crippen LogP contribution in [0.2, 0.25) is 0 Å². The minimum absolute atomic E-state index is 0.0493. The Labute approximate surface area is 146 Å². The second kappa shape index (κ2) is 7.36. The summed E-state index contributed by atoms with van der Waals surface area (Å²) in [6.07, 6.45) is 2.01. The molecular formula is C20H30N3O+. The Morgan fingerprint density at radius 2 is 1.71 bits per heavy atom. The number of anilines is 1. The molecule has 24 heavy (non-hydrogen) atoms. The topological polar surface area (TPSA) is 44.1 Å². The van der Waals surface area contributed by atoms with Gasteiger partial charge in [0.15, 0.2) is 6.04 Å². The highest BCUT2D eigenvalue weighted by molar-refractivity contribution is 5.98. The van der Waals surface area contributed by atoms with Crippen LogP contribution in [0.3, 0.4) is 0 Å². The fraction of sp³-hybridized carbons (Fsp3) is 0.600. The van der Waals surface area contributed by atoms with E-state index in [-0.39, 0.29) is 11.9 Å². The molecule has 1 saturated heterocycles.